The van der Waals surface area contributed by atoms with Gasteiger partial charge in [-0.25, -0.2) is 0 Å². The first-order chi connectivity index (χ1) is 9.01. The van der Waals surface area contributed by atoms with Crippen LogP contribution in [0.25, 0.3) is 0 Å². The van der Waals surface area contributed by atoms with Gasteiger partial charge in [-0.2, -0.15) is 0 Å². The summed E-state index contributed by atoms with van der Waals surface area (Å²) >= 11 is 0. The van der Waals surface area contributed by atoms with Crippen molar-refractivity contribution >= 4 is 5.91 Å². The second-order valence-corrected chi connectivity index (χ2v) is 7.11. The number of hydrogen-bond acceptors (Lipinski definition) is 2. The monoisotopic (exact) mass is 262 g/mol. The van der Waals surface area contributed by atoms with Crippen molar-refractivity contribution in [2.75, 3.05) is 19.6 Å². The normalized spacial score (nSPS) is 29.4. The van der Waals surface area contributed by atoms with Gasteiger partial charge in [0.25, 0.3) is 0 Å². The summed E-state index contributed by atoms with van der Waals surface area (Å²) in [6.07, 6.45) is 6.16. The summed E-state index contributed by atoms with van der Waals surface area (Å²) in [6, 6.07) is 0.518. The van der Waals surface area contributed by atoms with E-state index < -0.39 is 0 Å². The van der Waals surface area contributed by atoms with Gasteiger partial charge in [0, 0.05) is 42.7 Å². The minimum absolute atomic E-state index is 0.120. The van der Waals surface area contributed by atoms with Crippen LogP contribution in [0.3, 0.4) is 0 Å². The molecule has 1 saturated carbocycles. The van der Waals surface area contributed by atoms with Gasteiger partial charge in [-0.05, 0) is 32.1 Å². The van der Waals surface area contributed by atoms with Crippen LogP contribution in [-0.2, 0) is 4.79 Å². The van der Waals surface area contributed by atoms with Gasteiger partial charge in [0.05, 0.1) is 0 Å². The van der Waals surface area contributed by atoms with Gasteiger partial charge in [-0.15, -0.1) is 0 Å². The SMILES string of the molecule is C=C1CCC[C@H]2CN(C(=O)C(C)C)CC3(CC3)CN12. The maximum atomic E-state index is 12.4. The fourth-order valence-electron chi connectivity index (χ4n) is 3.69. The Labute approximate surface area is 116 Å². The van der Waals surface area contributed by atoms with Crippen LogP contribution in [0.1, 0.15) is 46.0 Å². The zero-order chi connectivity index (χ0) is 13.6. The molecule has 2 aliphatic heterocycles. The standard InChI is InChI=1S/C16H26N2O/c1-12(2)15(19)17-9-14-6-4-5-13(3)18(14)11-16(10-17)7-8-16/h12,14H,3-11H2,1-2H3/t14-/m0/s1. The number of allylic oxidation sites excluding steroid dienone is 1. The van der Waals surface area contributed by atoms with E-state index in [1.807, 2.05) is 13.8 Å². The molecule has 2 heterocycles. The van der Waals surface area contributed by atoms with E-state index in [9.17, 15) is 4.79 Å². The van der Waals surface area contributed by atoms with Crippen LogP contribution >= 0.6 is 0 Å². The maximum absolute atomic E-state index is 12.4. The number of piperidine rings is 1. The topological polar surface area (TPSA) is 23.6 Å². The van der Waals surface area contributed by atoms with Crippen molar-refractivity contribution in [1.82, 2.24) is 9.80 Å². The molecule has 1 amide bonds. The highest BCUT2D eigenvalue weighted by atomic mass is 16.2. The number of fused-ring (bicyclic) bond motifs is 1. The molecular weight excluding hydrogens is 236 g/mol. The number of nitrogens with zero attached hydrogens (tertiary/aromatic N) is 2. The van der Waals surface area contributed by atoms with E-state index in [0.717, 1.165) is 26.1 Å². The van der Waals surface area contributed by atoms with Crippen LogP contribution in [0, 0.1) is 11.3 Å². The third kappa shape index (κ3) is 2.39. The van der Waals surface area contributed by atoms with Gasteiger partial charge >= 0.3 is 0 Å². The molecule has 19 heavy (non-hydrogen) atoms. The molecule has 0 bridgehead atoms. The molecule has 0 aromatic carbocycles. The number of carbonyl (C=O) groups is 1. The summed E-state index contributed by atoms with van der Waals surface area (Å²) < 4.78 is 0. The van der Waals surface area contributed by atoms with Gasteiger partial charge in [-0.3, -0.25) is 4.79 Å². The number of rotatable bonds is 1. The van der Waals surface area contributed by atoms with Crippen molar-refractivity contribution in [3.8, 4) is 0 Å². The van der Waals surface area contributed by atoms with E-state index in [-0.39, 0.29) is 5.92 Å². The summed E-state index contributed by atoms with van der Waals surface area (Å²) in [5.74, 6) is 0.457. The van der Waals surface area contributed by atoms with Crippen molar-refractivity contribution in [2.24, 2.45) is 11.3 Å². The zero-order valence-electron chi connectivity index (χ0n) is 12.3. The van der Waals surface area contributed by atoms with Gasteiger partial charge in [0.1, 0.15) is 0 Å². The maximum Gasteiger partial charge on any atom is 0.225 e. The van der Waals surface area contributed by atoms with Gasteiger partial charge in [-0.1, -0.05) is 20.4 Å². The molecule has 3 rings (SSSR count). The number of amides is 1. The summed E-state index contributed by atoms with van der Waals surface area (Å²) in [5, 5.41) is 0. The molecule has 0 aromatic rings. The van der Waals surface area contributed by atoms with E-state index in [1.165, 1.54) is 31.4 Å². The Morgan fingerprint density at radius 3 is 2.74 bits per heavy atom. The molecule has 106 valence electrons. The molecule has 1 aliphatic carbocycles. The Bertz CT molecular complexity index is 398. The molecule has 0 aromatic heterocycles. The Morgan fingerprint density at radius 2 is 2.11 bits per heavy atom. The fraction of sp³-hybridized carbons (Fsp3) is 0.812. The Balaban J connectivity index is 1.82. The third-order valence-corrected chi connectivity index (χ3v) is 5.08. The van der Waals surface area contributed by atoms with Crippen LogP contribution in [0.5, 0.6) is 0 Å². The highest BCUT2D eigenvalue weighted by Crippen LogP contribution is 2.50. The fourth-order valence-corrected chi connectivity index (χ4v) is 3.69. The Kier molecular flexibility index (Phi) is 3.11. The zero-order valence-corrected chi connectivity index (χ0v) is 12.3. The predicted molar refractivity (Wildman–Crippen MR) is 76.6 cm³/mol. The highest BCUT2D eigenvalue weighted by molar-refractivity contribution is 5.78. The minimum atomic E-state index is 0.120. The van der Waals surface area contributed by atoms with Crippen LogP contribution in [0.15, 0.2) is 12.3 Å². The molecule has 2 saturated heterocycles. The largest absolute Gasteiger partial charge is 0.370 e. The number of carbonyl (C=O) groups excluding carboxylic acids is 1. The average molecular weight is 262 g/mol. The minimum Gasteiger partial charge on any atom is -0.370 e. The van der Waals surface area contributed by atoms with E-state index in [4.69, 9.17) is 0 Å². The van der Waals surface area contributed by atoms with Crippen molar-refractivity contribution in [1.29, 1.82) is 0 Å². The van der Waals surface area contributed by atoms with E-state index in [2.05, 4.69) is 16.4 Å². The molecule has 1 atom stereocenters. The Morgan fingerprint density at radius 1 is 1.37 bits per heavy atom. The van der Waals surface area contributed by atoms with E-state index >= 15 is 0 Å². The molecule has 0 unspecified atom stereocenters. The molecule has 3 heteroatoms. The molecule has 3 aliphatic rings. The van der Waals surface area contributed by atoms with Crippen LogP contribution in [-0.4, -0.2) is 41.4 Å². The number of hydrogen-bond donors (Lipinski definition) is 0. The van der Waals surface area contributed by atoms with Crippen molar-refractivity contribution in [3.63, 3.8) is 0 Å². The molecule has 0 radical (unpaired) electrons. The van der Waals surface area contributed by atoms with Crippen LogP contribution in [0.2, 0.25) is 0 Å². The van der Waals surface area contributed by atoms with E-state index in [0.29, 0.717) is 17.4 Å². The van der Waals surface area contributed by atoms with Crippen molar-refractivity contribution in [3.05, 3.63) is 12.3 Å². The van der Waals surface area contributed by atoms with E-state index in [1.54, 1.807) is 0 Å². The lowest BCUT2D eigenvalue weighted by molar-refractivity contribution is -0.135. The van der Waals surface area contributed by atoms with Crippen molar-refractivity contribution in [2.45, 2.75) is 52.0 Å². The van der Waals surface area contributed by atoms with Crippen LogP contribution in [0.4, 0.5) is 0 Å². The lowest BCUT2D eigenvalue weighted by atomic mass is 9.98. The highest BCUT2D eigenvalue weighted by Gasteiger charge is 2.50. The second-order valence-electron chi connectivity index (χ2n) is 7.11. The molecule has 1 spiro atoms. The van der Waals surface area contributed by atoms with Crippen molar-refractivity contribution < 1.29 is 4.79 Å². The summed E-state index contributed by atoms with van der Waals surface area (Å²) in [6.45, 7) is 11.3. The quantitative estimate of drug-likeness (QED) is 0.725. The molecule has 3 fully saturated rings. The van der Waals surface area contributed by atoms with Gasteiger partial charge in [0.2, 0.25) is 5.91 Å². The molecule has 3 nitrogen and oxygen atoms in total. The average Bonchev–Trinajstić information content (AvgIpc) is 3.14. The first kappa shape index (κ1) is 13.0. The van der Waals surface area contributed by atoms with Gasteiger partial charge < -0.3 is 9.80 Å². The van der Waals surface area contributed by atoms with Gasteiger partial charge in [0.15, 0.2) is 0 Å². The second kappa shape index (κ2) is 4.53. The lowest BCUT2D eigenvalue weighted by Crippen LogP contribution is -2.45. The smallest absolute Gasteiger partial charge is 0.225 e. The first-order valence-corrected chi connectivity index (χ1v) is 7.74. The molecule has 0 N–H and O–H groups in total. The Hall–Kier alpha value is -0.990. The molecular formula is C16H26N2O. The summed E-state index contributed by atoms with van der Waals surface area (Å²) in [7, 11) is 0. The lowest BCUT2D eigenvalue weighted by Gasteiger charge is -2.39. The summed E-state index contributed by atoms with van der Waals surface area (Å²) in [5.41, 5.74) is 1.70. The predicted octanol–water partition coefficient (Wildman–Crippen LogP) is 2.63. The summed E-state index contributed by atoms with van der Waals surface area (Å²) in [4.78, 5) is 17.1. The van der Waals surface area contributed by atoms with Crippen LogP contribution < -0.4 is 0 Å². The first-order valence-electron chi connectivity index (χ1n) is 7.74. The third-order valence-electron chi connectivity index (χ3n) is 5.08.